The molecule has 1 atom stereocenters. The van der Waals surface area contributed by atoms with Crippen molar-refractivity contribution in [1.29, 1.82) is 0 Å². The number of aromatic nitrogens is 2. The first-order valence-electron chi connectivity index (χ1n) is 8.39. The van der Waals surface area contributed by atoms with Crippen LogP contribution in [0.5, 0.6) is 0 Å². The number of hydrogen-bond acceptors (Lipinski definition) is 3. The Morgan fingerprint density at radius 1 is 1.20 bits per heavy atom. The van der Waals surface area contributed by atoms with E-state index in [9.17, 15) is 4.39 Å². The minimum absolute atomic E-state index is 0.264. The van der Waals surface area contributed by atoms with E-state index in [1.165, 1.54) is 17.7 Å². The van der Waals surface area contributed by atoms with Gasteiger partial charge in [0.25, 0.3) is 0 Å². The highest BCUT2D eigenvalue weighted by molar-refractivity contribution is 5.98. The van der Waals surface area contributed by atoms with E-state index in [0.29, 0.717) is 6.54 Å². The second-order valence-electron chi connectivity index (χ2n) is 6.27. The summed E-state index contributed by atoms with van der Waals surface area (Å²) in [6, 6.07) is 12.4. The van der Waals surface area contributed by atoms with E-state index in [1.54, 1.807) is 12.3 Å². The fourth-order valence-electron chi connectivity index (χ4n) is 3.46. The van der Waals surface area contributed by atoms with Gasteiger partial charge in [-0.15, -0.1) is 0 Å². The molecule has 3 aromatic rings. The number of aliphatic imine (C=N–C) groups is 1. The summed E-state index contributed by atoms with van der Waals surface area (Å²) in [6.07, 6.45) is 4.62. The van der Waals surface area contributed by atoms with Gasteiger partial charge in [0, 0.05) is 35.3 Å². The first-order chi connectivity index (χ1) is 12.2. The minimum Gasteiger partial charge on any atom is -0.399 e. The lowest BCUT2D eigenvalue weighted by Crippen LogP contribution is -2.15. The van der Waals surface area contributed by atoms with Gasteiger partial charge in [-0.2, -0.15) is 0 Å². The summed E-state index contributed by atoms with van der Waals surface area (Å²) < 4.78 is 15.6. The van der Waals surface area contributed by atoms with Crippen molar-refractivity contribution in [1.82, 2.24) is 9.55 Å². The predicted octanol–water partition coefficient (Wildman–Crippen LogP) is 4.55. The van der Waals surface area contributed by atoms with Crippen LogP contribution in [0.1, 0.15) is 24.8 Å². The third-order valence-corrected chi connectivity index (χ3v) is 4.64. The first kappa shape index (κ1) is 15.6. The number of nitrogens with two attached hydrogens (primary N) is 1. The SMILES string of the molecule is CCC1C(Cn2ccnc2-c2cccc(F)c2)=Nc2cc(N)ccc21. The molecular weight excluding hydrogens is 315 g/mol. The smallest absolute Gasteiger partial charge is 0.140 e. The Morgan fingerprint density at radius 2 is 2.08 bits per heavy atom. The van der Waals surface area contributed by atoms with Crippen LogP contribution >= 0.6 is 0 Å². The summed E-state index contributed by atoms with van der Waals surface area (Å²) in [5.41, 5.74) is 10.6. The maximum absolute atomic E-state index is 13.6. The molecule has 0 amide bonds. The number of nitrogen functional groups attached to an aromatic ring is 1. The molecule has 1 aromatic heterocycles. The summed E-state index contributed by atoms with van der Waals surface area (Å²) in [5.74, 6) is 0.755. The fraction of sp³-hybridized carbons (Fsp3) is 0.200. The van der Waals surface area contributed by atoms with Crippen molar-refractivity contribution in [3.63, 3.8) is 0 Å². The summed E-state index contributed by atoms with van der Waals surface area (Å²) >= 11 is 0. The quantitative estimate of drug-likeness (QED) is 0.712. The molecule has 0 bridgehead atoms. The standard InChI is InChI=1S/C20H19FN4/c1-2-16-17-7-6-15(22)11-18(17)24-19(16)12-25-9-8-23-20(25)13-4-3-5-14(21)10-13/h3-11,16H,2,12,22H2,1H3. The van der Waals surface area contributed by atoms with Crippen molar-refractivity contribution in [2.75, 3.05) is 5.73 Å². The van der Waals surface area contributed by atoms with Gasteiger partial charge in [0.2, 0.25) is 0 Å². The highest BCUT2D eigenvalue weighted by Crippen LogP contribution is 2.39. The van der Waals surface area contributed by atoms with Crippen LogP contribution in [0.15, 0.2) is 59.9 Å². The van der Waals surface area contributed by atoms with Crippen molar-refractivity contribution < 1.29 is 4.39 Å². The number of hydrogen-bond donors (Lipinski definition) is 1. The molecule has 1 aliphatic rings. The van der Waals surface area contributed by atoms with E-state index >= 15 is 0 Å². The molecule has 5 heteroatoms. The normalized spacial score (nSPS) is 15.9. The molecule has 0 fully saturated rings. The molecule has 0 aliphatic carbocycles. The maximum Gasteiger partial charge on any atom is 0.140 e. The predicted molar refractivity (Wildman–Crippen MR) is 98.6 cm³/mol. The van der Waals surface area contributed by atoms with Crippen molar-refractivity contribution >= 4 is 17.1 Å². The number of anilines is 1. The van der Waals surface area contributed by atoms with Gasteiger partial charge < -0.3 is 10.3 Å². The monoisotopic (exact) mass is 334 g/mol. The lowest BCUT2D eigenvalue weighted by molar-refractivity contribution is 0.628. The molecule has 126 valence electrons. The summed E-state index contributed by atoms with van der Waals surface area (Å²) in [4.78, 5) is 9.21. The lowest BCUT2D eigenvalue weighted by Gasteiger charge is -2.14. The number of halogens is 1. The lowest BCUT2D eigenvalue weighted by atomic mass is 9.93. The molecule has 1 aliphatic heterocycles. The molecular formula is C20H19FN4. The summed E-state index contributed by atoms with van der Waals surface area (Å²) in [5, 5.41) is 0. The molecule has 2 N–H and O–H groups in total. The van der Waals surface area contributed by atoms with Crippen molar-refractivity contribution in [2.24, 2.45) is 4.99 Å². The molecule has 2 heterocycles. The molecule has 0 saturated carbocycles. The average molecular weight is 334 g/mol. The van der Waals surface area contributed by atoms with E-state index in [4.69, 9.17) is 10.7 Å². The van der Waals surface area contributed by atoms with Crippen LogP contribution in [0.4, 0.5) is 15.8 Å². The topological polar surface area (TPSA) is 56.2 Å². The Kier molecular flexibility index (Phi) is 3.84. The van der Waals surface area contributed by atoms with Crippen LogP contribution in [0.2, 0.25) is 0 Å². The first-order valence-corrected chi connectivity index (χ1v) is 8.39. The zero-order chi connectivity index (χ0) is 17.4. The largest absolute Gasteiger partial charge is 0.399 e. The van der Waals surface area contributed by atoms with Crippen molar-refractivity contribution in [3.8, 4) is 11.4 Å². The molecule has 4 rings (SSSR count). The van der Waals surface area contributed by atoms with E-state index < -0.39 is 0 Å². The van der Waals surface area contributed by atoms with Crippen LogP contribution < -0.4 is 5.73 Å². The number of benzene rings is 2. The van der Waals surface area contributed by atoms with Crippen LogP contribution in [-0.2, 0) is 6.54 Å². The van der Waals surface area contributed by atoms with E-state index in [-0.39, 0.29) is 11.7 Å². The molecule has 4 nitrogen and oxygen atoms in total. The number of rotatable bonds is 4. The van der Waals surface area contributed by atoms with Crippen LogP contribution in [0, 0.1) is 5.82 Å². The molecule has 2 aromatic carbocycles. The minimum atomic E-state index is -0.264. The maximum atomic E-state index is 13.6. The van der Waals surface area contributed by atoms with Gasteiger partial charge in [-0.1, -0.05) is 25.1 Å². The van der Waals surface area contributed by atoms with E-state index in [1.807, 2.05) is 29.0 Å². The van der Waals surface area contributed by atoms with Crippen LogP contribution in [0.3, 0.4) is 0 Å². The molecule has 0 radical (unpaired) electrons. The number of nitrogens with zero attached hydrogens (tertiary/aromatic N) is 3. The Morgan fingerprint density at radius 3 is 2.88 bits per heavy atom. The van der Waals surface area contributed by atoms with E-state index in [0.717, 1.165) is 34.9 Å². The van der Waals surface area contributed by atoms with Gasteiger partial charge >= 0.3 is 0 Å². The Balaban J connectivity index is 1.68. The summed E-state index contributed by atoms with van der Waals surface area (Å²) in [7, 11) is 0. The van der Waals surface area contributed by atoms with E-state index in [2.05, 4.69) is 18.0 Å². The van der Waals surface area contributed by atoms with Crippen molar-refractivity contribution in [2.45, 2.75) is 25.8 Å². The highest BCUT2D eigenvalue weighted by Gasteiger charge is 2.26. The van der Waals surface area contributed by atoms with Gasteiger partial charge in [-0.25, -0.2) is 9.37 Å². The summed E-state index contributed by atoms with van der Waals surface area (Å²) in [6.45, 7) is 2.78. The zero-order valence-corrected chi connectivity index (χ0v) is 14.0. The molecule has 1 unspecified atom stereocenters. The Labute approximate surface area is 145 Å². The third kappa shape index (κ3) is 2.82. The average Bonchev–Trinajstić information content (AvgIpc) is 3.18. The Hall–Kier alpha value is -2.95. The second kappa shape index (κ2) is 6.16. The van der Waals surface area contributed by atoms with Gasteiger partial charge in [-0.05, 0) is 36.2 Å². The second-order valence-corrected chi connectivity index (χ2v) is 6.27. The third-order valence-electron chi connectivity index (χ3n) is 4.64. The Bertz CT molecular complexity index is 958. The molecule has 25 heavy (non-hydrogen) atoms. The van der Waals surface area contributed by atoms with Gasteiger partial charge in [0.15, 0.2) is 0 Å². The molecule has 0 spiro atoms. The highest BCUT2D eigenvalue weighted by atomic mass is 19.1. The zero-order valence-electron chi connectivity index (χ0n) is 14.0. The van der Waals surface area contributed by atoms with Crippen LogP contribution in [-0.4, -0.2) is 15.3 Å². The number of imidazole rings is 1. The van der Waals surface area contributed by atoms with Crippen LogP contribution in [0.25, 0.3) is 11.4 Å². The number of fused-ring (bicyclic) bond motifs is 1. The fourth-order valence-corrected chi connectivity index (χ4v) is 3.46. The molecule has 0 saturated heterocycles. The van der Waals surface area contributed by atoms with Gasteiger partial charge in [0.1, 0.15) is 11.6 Å². The van der Waals surface area contributed by atoms with Gasteiger partial charge in [0.05, 0.1) is 12.2 Å². The van der Waals surface area contributed by atoms with Gasteiger partial charge in [-0.3, -0.25) is 4.99 Å². The van der Waals surface area contributed by atoms with Crippen molar-refractivity contribution in [3.05, 3.63) is 66.2 Å².